The highest BCUT2D eigenvalue weighted by atomic mass is 32.2. The minimum atomic E-state index is -3.03. The van der Waals surface area contributed by atoms with Crippen molar-refractivity contribution in [2.45, 2.75) is 43.8 Å². The molecule has 2 aromatic rings. The molecule has 1 atom stereocenters. The maximum atomic E-state index is 14.3. The molecule has 0 bridgehead atoms. The van der Waals surface area contributed by atoms with E-state index in [1.165, 1.54) is 24.0 Å². The number of carboxylic acid groups (broad SMARTS) is 1. The van der Waals surface area contributed by atoms with Crippen molar-refractivity contribution in [1.82, 2.24) is 4.98 Å². The second-order valence-electron chi connectivity index (χ2n) is 6.25. The standard InChI is InChI=1S/C20H22F3NO2S/c1-2-4-16(13-18-17(19(25)26)5-3-11-24-18)27-12-10-20(22,23)14-6-8-15(21)9-7-14/h3,5-9,11,16H,2,4,10,12-13H2,1H3,(H,25,26). The highest BCUT2D eigenvalue weighted by molar-refractivity contribution is 7.99. The van der Waals surface area contributed by atoms with Gasteiger partial charge in [0.25, 0.3) is 5.92 Å². The van der Waals surface area contributed by atoms with Gasteiger partial charge in [0.05, 0.1) is 11.3 Å². The maximum absolute atomic E-state index is 14.3. The van der Waals surface area contributed by atoms with Crippen LogP contribution in [0.2, 0.25) is 0 Å². The molecule has 7 heteroatoms. The van der Waals surface area contributed by atoms with E-state index in [2.05, 4.69) is 4.98 Å². The number of carbonyl (C=O) groups is 1. The van der Waals surface area contributed by atoms with E-state index >= 15 is 0 Å². The summed E-state index contributed by atoms with van der Waals surface area (Å²) in [6.07, 6.45) is 3.24. The van der Waals surface area contributed by atoms with Gasteiger partial charge in [0, 0.05) is 29.9 Å². The molecule has 1 aromatic heterocycles. The lowest BCUT2D eigenvalue weighted by atomic mass is 10.1. The minimum absolute atomic E-state index is 0.00650. The number of aromatic carboxylic acids is 1. The maximum Gasteiger partial charge on any atom is 0.337 e. The van der Waals surface area contributed by atoms with Crippen LogP contribution in [0.1, 0.15) is 47.8 Å². The van der Waals surface area contributed by atoms with Crippen molar-refractivity contribution in [3.63, 3.8) is 0 Å². The smallest absolute Gasteiger partial charge is 0.337 e. The highest BCUT2D eigenvalue weighted by Crippen LogP contribution is 2.34. The zero-order valence-corrected chi connectivity index (χ0v) is 15.8. The summed E-state index contributed by atoms with van der Waals surface area (Å²) in [5.74, 6) is -4.41. The lowest BCUT2D eigenvalue weighted by molar-refractivity contribution is -0.00709. The molecule has 0 saturated carbocycles. The summed E-state index contributed by atoms with van der Waals surface area (Å²) in [6, 6.07) is 7.35. The van der Waals surface area contributed by atoms with Gasteiger partial charge in [-0.3, -0.25) is 4.98 Å². The summed E-state index contributed by atoms with van der Waals surface area (Å²) < 4.78 is 41.5. The normalized spacial score (nSPS) is 12.7. The molecule has 1 unspecified atom stereocenters. The summed E-state index contributed by atoms with van der Waals surface area (Å²) in [4.78, 5) is 15.5. The fourth-order valence-corrected chi connectivity index (χ4v) is 4.15. The fraction of sp³-hybridized carbons (Fsp3) is 0.400. The van der Waals surface area contributed by atoms with Gasteiger partial charge >= 0.3 is 5.97 Å². The summed E-state index contributed by atoms with van der Waals surface area (Å²) in [5.41, 5.74) is 0.423. The van der Waals surface area contributed by atoms with Gasteiger partial charge in [-0.2, -0.15) is 11.8 Å². The Morgan fingerprint density at radius 1 is 1.26 bits per heavy atom. The van der Waals surface area contributed by atoms with E-state index in [-0.39, 0.29) is 28.6 Å². The molecule has 0 amide bonds. The number of pyridine rings is 1. The van der Waals surface area contributed by atoms with Crippen LogP contribution in [0.25, 0.3) is 0 Å². The average Bonchev–Trinajstić information content (AvgIpc) is 2.62. The predicted molar refractivity (Wildman–Crippen MR) is 101 cm³/mol. The third-order valence-electron chi connectivity index (χ3n) is 4.19. The quantitative estimate of drug-likeness (QED) is 0.571. The first-order valence-corrected chi connectivity index (χ1v) is 9.81. The molecule has 146 valence electrons. The molecule has 0 spiro atoms. The van der Waals surface area contributed by atoms with E-state index < -0.39 is 17.7 Å². The number of alkyl halides is 2. The van der Waals surface area contributed by atoms with Gasteiger partial charge in [-0.15, -0.1) is 0 Å². The molecule has 2 rings (SSSR count). The van der Waals surface area contributed by atoms with Gasteiger partial charge in [-0.05, 0) is 36.4 Å². The Hall–Kier alpha value is -2.02. The molecule has 0 radical (unpaired) electrons. The predicted octanol–water partition coefficient (Wildman–Crippen LogP) is 5.55. The molecule has 0 aliphatic heterocycles. The van der Waals surface area contributed by atoms with E-state index in [4.69, 9.17) is 0 Å². The molecular weight excluding hydrogens is 375 g/mol. The Bertz CT molecular complexity index is 753. The van der Waals surface area contributed by atoms with Gasteiger partial charge in [0.2, 0.25) is 0 Å². The number of hydrogen-bond donors (Lipinski definition) is 1. The number of carboxylic acids is 1. The lowest BCUT2D eigenvalue weighted by Gasteiger charge is -2.20. The van der Waals surface area contributed by atoms with Crippen molar-refractivity contribution in [1.29, 1.82) is 0 Å². The number of benzene rings is 1. The third kappa shape index (κ3) is 6.27. The summed E-state index contributed by atoms with van der Waals surface area (Å²) in [6.45, 7) is 2.00. The number of rotatable bonds is 10. The minimum Gasteiger partial charge on any atom is -0.478 e. The second-order valence-corrected chi connectivity index (χ2v) is 7.66. The first-order chi connectivity index (χ1) is 12.8. The molecule has 3 nitrogen and oxygen atoms in total. The van der Waals surface area contributed by atoms with Crippen LogP contribution in [-0.4, -0.2) is 27.1 Å². The number of halogens is 3. The van der Waals surface area contributed by atoms with Crippen molar-refractivity contribution in [2.24, 2.45) is 0 Å². The Balaban J connectivity index is 1.98. The zero-order valence-electron chi connectivity index (χ0n) is 15.0. The topological polar surface area (TPSA) is 50.2 Å². The van der Waals surface area contributed by atoms with Crippen molar-refractivity contribution < 1.29 is 23.1 Å². The van der Waals surface area contributed by atoms with Gasteiger partial charge in [0.15, 0.2) is 0 Å². The van der Waals surface area contributed by atoms with Crippen molar-refractivity contribution in [3.05, 3.63) is 65.2 Å². The molecule has 0 aliphatic rings. The van der Waals surface area contributed by atoms with Crippen LogP contribution >= 0.6 is 11.8 Å². The molecular formula is C20H22F3NO2S. The van der Waals surface area contributed by atoms with E-state index in [9.17, 15) is 23.1 Å². The van der Waals surface area contributed by atoms with Crippen molar-refractivity contribution >= 4 is 17.7 Å². The van der Waals surface area contributed by atoms with Crippen LogP contribution in [0.4, 0.5) is 13.2 Å². The zero-order chi connectivity index (χ0) is 19.9. The van der Waals surface area contributed by atoms with Crippen LogP contribution < -0.4 is 0 Å². The first kappa shape index (κ1) is 21.3. The molecule has 1 heterocycles. The van der Waals surface area contributed by atoms with E-state index in [1.807, 2.05) is 6.92 Å². The molecule has 0 aliphatic carbocycles. The third-order valence-corrected chi connectivity index (χ3v) is 5.50. The Kier molecular flexibility index (Phi) is 7.71. The molecule has 0 fully saturated rings. The number of thioether (sulfide) groups is 1. The summed E-state index contributed by atoms with van der Waals surface area (Å²) in [7, 11) is 0. The Morgan fingerprint density at radius 3 is 2.59 bits per heavy atom. The van der Waals surface area contributed by atoms with Gasteiger partial charge in [-0.1, -0.05) is 25.5 Å². The second kappa shape index (κ2) is 9.78. The summed E-state index contributed by atoms with van der Waals surface area (Å²) in [5, 5.41) is 9.27. The SMILES string of the molecule is CCCC(Cc1ncccc1C(=O)O)SCCC(F)(F)c1ccc(F)cc1. The molecule has 1 N–H and O–H groups in total. The van der Waals surface area contributed by atoms with Crippen LogP contribution in [0, 0.1) is 5.82 Å². The number of nitrogens with zero attached hydrogens (tertiary/aromatic N) is 1. The highest BCUT2D eigenvalue weighted by Gasteiger charge is 2.31. The molecule has 1 aromatic carbocycles. The monoisotopic (exact) mass is 397 g/mol. The van der Waals surface area contributed by atoms with Gasteiger partial charge in [-0.25, -0.2) is 18.0 Å². The van der Waals surface area contributed by atoms with Crippen LogP contribution in [-0.2, 0) is 12.3 Å². The fourth-order valence-electron chi connectivity index (χ4n) is 2.77. The van der Waals surface area contributed by atoms with Crippen molar-refractivity contribution in [2.75, 3.05) is 5.75 Å². The summed E-state index contributed by atoms with van der Waals surface area (Å²) >= 11 is 1.40. The Labute approximate surface area is 161 Å². The van der Waals surface area contributed by atoms with Crippen molar-refractivity contribution in [3.8, 4) is 0 Å². The number of aromatic nitrogens is 1. The number of hydrogen-bond acceptors (Lipinski definition) is 3. The van der Waals surface area contributed by atoms with E-state index in [0.717, 1.165) is 37.1 Å². The van der Waals surface area contributed by atoms with E-state index in [0.29, 0.717) is 12.1 Å². The Morgan fingerprint density at radius 2 is 1.96 bits per heavy atom. The first-order valence-electron chi connectivity index (χ1n) is 8.76. The van der Waals surface area contributed by atoms with Crippen LogP contribution in [0.5, 0.6) is 0 Å². The van der Waals surface area contributed by atoms with Crippen LogP contribution in [0.15, 0.2) is 42.6 Å². The largest absolute Gasteiger partial charge is 0.478 e. The lowest BCUT2D eigenvalue weighted by Crippen LogP contribution is -2.17. The molecule has 27 heavy (non-hydrogen) atoms. The van der Waals surface area contributed by atoms with Crippen LogP contribution in [0.3, 0.4) is 0 Å². The van der Waals surface area contributed by atoms with E-state index in [1.54, 1.807) is 6.07 Å². The average molecular weight is 397 g/mol. The molecule has 0 saturated heterocycles. The van der Waals surface area contributed by atoms with Gasteiger partial charge < -0.3 is 5.11 Å². The van der Waals surface area contributed by atoms with Gasteiger partial charge in [0.1, 0.15) is 5.82 Å².